The zero-order chi connectivity index (χ0) is 17.4. The number of nitrogens with one attached hydrogen (secondary N) is 1. The van der Waals surface area contributed by atoms with Crippen molar-refractivity contribution < 1.29 is 14.3 Å². The molecule has 1 N–H and O–H groups in total. The number of rotatable bonds is 8. The lowest BCUT2D eigenvalue weighted by atomic mass is 10.2. The van der Waals surface area contributed by atoms with E-state index in [9.17, 15) is 4.79 Å². The largest absolute Gasteiger partial charge is 0.497 e. The van der Waals surface area contributed by atoms with Crippen molar-refractivity contribution in [1.82, 2.24) is 4.90 Å². The average Bonchev–Trinajstić information content (AvgIpc) is 2.56. The summed E-state index contributed by atoms with van der Waals surface area (Å²) in [6.07, 6.45) is 0. The predicted molar refractivity (Wildman–Crippen MR) is 95.8 cm³/mol. The number of ether oxygens (including phenoxy) is 2. The van der Waals surface area contributed by atoms with Gasteiger partial charge in [-0.2, -0.15) is 0 Å². The molecule has 2 aromatic rings. The predicted octanol–water partition coefficient (Wildman–Crippen LogP) is 2.95. The van der Waals surface area contributed by atoms with Gasteiger partial charge < -0.3 is 14.8 Å². The molecule has 24 heavy (non-hydrogen) atoms. The lowest BCUT2D eigenvalue weighted by Gasteiger charge is -2.17. The van der Waals surface area contributed by atoms with E-state index in [1.165, 1.54) is 0 Å². The molecule has 0 saturated carbocycles. The molecule has 2 rings (SSSR count). The maximum Gasteiger partial charge on any atom is 0.238 e. The number of hydrogen-bond donors (Lipinski definition) is 1. The van der Waals surface area contributed by atoms with Gasteiger partial charge in [-0.25, -0.2) is 0 Å². The fraction of sp³-hybridized carbons (Fsp3) is 0.316. The fourth-order valence-electron chi connectivity index (χ4n) is 2.26. The van der Waals surface area contributed by atoms with Crippen molar-refractivity contribution in [3.05, 3.63) is 54.1 Å². The zero-order valence-corrected chi connectivity index (χ0v) is 14.4. The molecule has 0 unspecified atom stereocenters. The van der Waals surface area contributed by atoms with Crippen LogP contribution in [0.2, 0.25) is 0 Å². The van der Waals surface area contributed by atoms with Crippen LogP contribution in [-0.4, -0.2) is 44.7 Å². The first kappa shape index (κ1) is 17.8. The van der Waals surface area contributed by atoms with Crippen molar-refractivity contribution in [1.29, 1.82) is 0 Å². The van der Waals surface area contributed by atoms with E-state index in [-0.39, 0.29) is 5.91 Å². The van der Waals surface area contributed by atoms with Crippen molar-refractivity contribution in [3.8, 4) is 11.5 Å². The summed E-state index contributed by atoms with van der Waals surface area (Å²) in [7, 11) is 3.50. The molecule has 5 heteroatoms. The first-order valence-electron chi connectivity index (χ1n) is 7.89. The standard InChI is InChI=1S/C19H24N2O3/c1-15-7-4-5-10-18(15)24-12-11-21(2)14-19(22)20-16-8-6-9-17(13-16)23-3/h4-10,13H,11-12,14H2,1-3H3,(H,20,22). The van der Waals surface area contributed by atoms with E-state index in [0.29, 0.717) is 25.4 Å². The summed E-state index contributed by atoms with van der Waals surface area (Å²) in [5.74, 6) is 1.53. The van der Waals surface area contributed by atoms with Gasteiger partial charge >= 0.3 is 0 Å². The minimum atomic E-state index is -0.0679. The molecule has 0 saturated heterocycles. The summed E-state index contributed by atoms with van der Waals surface area (Å²) in [5.41, 5.74) is 1.83. The summed E-state index contributed by atoms with van der Waals surface area (Å²) >= 11 is 0. The van der Waals surface area contributed by atoms with Crippen molar-refractivity contribution in [2.75, 3.05) is 39.2 Å². The number of carbonyl (C=O) groups excluding carboxylic acids is 1. The monoisotopic (exact) mass is 328 g/mol. The molecule has 0 aliphatic carbocycles. The second-order valence-corrected chi connectivity index (χ2v) is 5.63. The van der Waals surface area contributed by atoms with Gasteiger partial charge in [0.1, 0.15) is 18.1 Å². The maximum atomic E-state index is 12.1. The minimum Gasteiger partial charge on any atom is -0.497 e. The van der Waals surface area contributed by atoms with Gasteiger partial charge in [0, 0.05) is 18.3 Å². The van der Waals surface area contributed by atoms with Crippen LogP contribution in [0.1, 0.15) is 5.56 Å². The van der Waals surface area contributed by atoms with E-state index in [0.717, 1.165) is 17.0 Å². The summed E-state index contributed by atoms with van der Waals surface area (Å²) in [6, 6.07) is 15.2. The van der Waals surface area contributed by atoms with Crippen LogP contribution >= 0.6 is 0 Å². The number of anilines is 1. The Morgan fingerprint density at radius 2 is 1.96 bits per heavy atom. The van der Waals surface area contributed by atoms with Crippen molar-refractivity contribution in [3.63, 3.8) is 0 Å². The first-order chi connectivity index (χ1) is 11.6. The Kier molecular flexibility index (Phi) is 6.63. The van der Waals surface area contributed by atoms with E-state index in [1.807, 2.05) is 61.3 Å². The molecule has 128 valence electrons. The maximum absolute atomic E-state index is 12.1. The molecule has 0 fully saturated rings. The number of benzene rings is 2. The Bertz CT molecular complexity index is 673. The Morgan fingerprint density at radius 3 is 2.71 bits per heavy atom. The highest BCUT2D eigenvalue weighted by atomic mass is 16.5. The Balaban J connectivity index is 1.74. The van der Waals surface area contributed by atoms with Gasteiger partial charge in [0.15, 0.2) is 0 Å². The lowest BCUT2D eigenvalue weighted by molar-refractivity contribution is -0.117. The van der Waals surface area contributed by atoms with E-state index in [1.54, 1.807) is 13.2 Å². The van der Waals surface area contributed by atoms with Crippen molar-refractivity contribution >= 4 is 11.6 Å². The van der Waals surface area contributed by atoms with Crippen LogP contribution in [0.15, 0.2) is 48.5 Å². The number of para-hydroxylation sites is 1. The normalized spacial score (nSPS) is 10.5. The number of likely N-dealkylation sites (N-methyl/N-ethyl adjacent to an activating group) is 1. The van der Waals surface area contributed by atoms with Crippen LogP contribution in [-0.2, 0) is 4.79 Å². The number of nitrogens with zero attached hydrogens (tertiary/aromatic N) is 1. The van der Waals surface area contributed by atoms with E-state index in [2.05, 4.69) is 5.32 Å². The molecule has 0 heterocycles. The molecule has 0 bridgehead atoms. The second kappa shape index (κ2) is 8.93. The Labute approximate surface area is 143 Å². The Morgan fingerprint density at radius 1 is 1.17 bits per heavy atom. The van der Waals surface area contributed by atoms with Gasteiger partial charge in [-0.05, 0) is 37.7 Å². The third-order valence-corrected chi connectivity index (χ3v) is 3.59. The smallest absolute Gasteiger partial charge is 0.238 e. The number of aryl methyl sites for hydroxylation is 1. The van der Waals surface area contributed by atoms with Crippen LogP contribution in [0.4, 0.5) is 5.69 Å². The number of carbonyl (C=O) groups is 1. The molecule has 0 atom stereocenters. The fourth-order valence-corrected chi connectivity index (χ4v) is 2.26. The quantitative estimate of drug-likeness (QED) is 0.809. The lowest BCUT2D eigenvalue weighted by Crippen LogP contribution is -2.33. The van der Waals surface area contributed by atoms with Gasteiger partial charge in [0.2, 0.25) is 5.91 Å². The molecule has 0 aliphatic rings. The molecule has 0 spiro atoms. The van der Waals surface area contributed by atoms with Gasteiger partial charge in [-0.15, -0.1) is 0 Å². The SMILES string of the molecule is COc1cccc(NC(=O)CN(C)CCOc2ccccc2C)c1. The van der Waals surface area contributed by atoms with Crippen LogP contribution in [0, 0.1) is 6.92 Å². The van der Waals surface area contributed by atoms with E-state index < -0.39 is 0 Å². The number of amides is 1. The van der Waals surface area contributed by atoms with Crippen LogP contribution < -0.4 is 14.8 Å². The molecule has 0 radical (unpaired) electrons. The molecule has 2 aromatic carbocycles. The van der Waals surface area contributed by atoms with Crippen LogP contribution in [0.5, 0.6) is 11.5 Å². The van der Waals surface area contributed by atoms with Crippen LogP contribution in [0.25, 0.3) is 0 Å². The second-order valence-electron chi connectivity index (χ2n) is 5.63. The van der Waals surface area contributed by atoms with Gasteiger partial charge in [0.25, 0.3) is 0 Å². The third-order valence-electron chi connectivity index (χ3n) is 3.59. The van der Waals surface area contributed by atoms with Crippen molar-refractivity contribution in [2.45, 2.75) is 6.92 Å². The highest BCUT2D eigenvalue weighted by molar-refractivity contribution is 5.92. The van der Waals surface area contributed by atoms with Gasteiger partial charge in [0.05, 0.1) is 13.7 Å². The minimum absolute atomic E-state index is 0.0679. The molecule has 0 aliphatic heterocycles. The van der Waals surface area contributed by atoms with Gasteiger partial charge in [-0.1, -0.05) is 24.3 Å². The molecule has 1 amide bonds. The highest BCUT2D eigenvalue weighted by Crippen LogP contribution is 2.17. The van der Waals surface area contributed by atoms with E-state index >= 15 is 0 Å². The zero-order valence-electron chi connectivity index (χ0n) is 14.4. The first-order valence-corrected chi connectivity index (χ1v) is 7.89. The average molecular weight is 328 g/mol. The summed E-state index contributed by atoms with van der Waals surface area (Å²) in [5, 5.41) is 2.86. The topological polar surface area (TPSA) is 50.8 Å². The van der Waals surface area contributed by atoms with E-state index in [4.69, 9.17) is 9.47 Å². The molecular formula is C19H24N2O3. The van der Waals surface area contributed by atoms with Crippen LogP contribution in [0.3, 0.4) is 0 Å². The summed E-state index contributed by atoms with van der Waals surface area (Å²) < 4.78 is 10.9. The molecule has 0 aromatic heterocycles. The summed E-state index contributed by atoms with van der Waals surface area (Å²) in [4.78, 5) is 14.0. The number of methoxy groups -OCH3 is 1. The van der Waals surface area contributed by atoms with Gasteiger partial charge in [-0.3, -0.25) is 9.69 Å². The molecule has 5 nitrogen and oxygen atoms in total. The number of hydrogen-bond acceptors (Lipinski definition) is 4. The third kappa shape index (κ3) is 5.59. The van der Waals surface area contributed by atoms with Crippen molar-refractivity contribution in [2.24, 2.45) is 0 Å². The Hall–Kier alpha value is -2.53. The highest BCUT2D eigenvalue weighted by Gasteiger charge is 2.08. The summed E-state index contributed by atoms with van der Waals surface area (Å²) in [6.45, 7) is 3.52. The molecular weight excluding hydrogens is 304 g/mol.